The molecule has 53 heavy (non-hydrogen) atoms. The number of para-hydroxylation sites is 2. The highest BCUT2D eigenvalue weighted by molar-refractivity contribution is 6.16. The Morgan fingerprint density at radius 3 is 1.87 bits per heavy atom. The lowest BCUT2D eigenvalue weighted by molar-refractivity contribution is 0.660. The average Bonchev–Trinajstić information content (AvgIpc) is 3.83. The minimum atomic E-state index is -0.122. The Bertz CT molecular complexity index is 3020. The van der Waals surface area contributed by atoms with E-state index in [1.165, 1.54) is 33.0 Å². The predicted molar refractivity (Wildman–Crippen MR) is 215 cm³/mol. The lowest BCUT2D eigenvalue weighted by Gasteiger charge is -2.21. The third-order valence-corrected chi connectivity index (χ3v) is 11.1. The van der Waals surface area contributed by atoms with E-state index < -0.39 is 0 Å². The summed E-state index contributed by atoms with van der Waals surface area (Å²) < 4.78 is 9.28. The smallest absolute Gasteiger partial charge is 0.164 e. The van der Waals surface area contributed by atoms with E-state index in [9.17, 15) is 0 Å². The van der Waals surface area contributed by atoms with Crippen LogP contribution in [0.5, 0.6) is 0 Å². The number of hydrogen-bond acceptors (Lipinski definition) is 4. The van der Waals surface area contributed by atoms with Crippen molar-refractivity contribution in [2.45, 2.75) is 19.3 Å². The molecule has 0 saturated heterocycles. The minimum Gasteiger partial charge on any atom is -0.454 e. The van der Waals surface area contributed by atoms with Gasteiger partial charge in [-0.05, 0) is 52.6 Å². The van der Waals surface area contributed by atoms with Crippen LogP contribution in [0.4, 0.5) is 0 Å². The third-order valence-electron chi connectivity index (χ3n) is 11.1. The Balaban J connectivity index is 1.17. The molecule has 0 amide bonds. The third kappa shape index (κ3) is 4.34. The van der Waals surface area contributed by atoms with Crippen LogP contribution < -0.4 is 0 Å². The monoisotopic (exact) mass is 680 g/mol. The molecule has 7 aromatic carbocycles. The summed E-state index contributed by atoms with van der Waals surface area (Å²) >= 11 is 0. The molecular weight excluding hydrogens is 649 g/mol. The standard InChI is InChI=1S/C48H32N4O/c1-48(2)37-23-11-9-19-31(37)35-27-36-32-20-10-12-24-39(32)52(41(36)28-38(35)48)40-25-13-21-33-43-34(22-14-26-42(43)53-44(33)40)47-50-45(29-15-5-3-6-16-29)49-46(51-47)30-17-7-4-8-18-30/h3-28H,1-2H3. The van der Waals surface area contributed by atoms with E-state index >= 15 is 0 Å². The van der Waals surface area contributed by atoms with E-state index in [1.54, 1.807) is 0 Å². The number of rotatable bonds is 4. The molecule has 0 radical (unpaired) electrons. The maximum Gasteiger partial charge on any atom is 0.164 e. The fourth-order valence-electron chi connectivity index (χ4n) is 8.55. The molecule has 0 aliphatic heterocycles. The van der Waals surface area contributed by atoms with E-state index in [1.807, 2.05) is 72.8 Å². The van der Waals surface area contributed by atoms with Crippen molar-refractivity contribution in [3.63, 3.8) is 0 Å². The topological polar surface area (TPSA) is 56.7 Å². The van der Waals surface area contributed by atoms with Crippen LogP contribution in [0.15, 0.2) is 162 Å². The van der Waals surface area contributed by atoms with E-state index in [4.69, 9.17) is 19.4 Å². The summed E-state index contributed by atoms with van der Waals surface area (Å²) in [5.41, 5.74) is 12.9. The van der Waals surface area contributed by atoms with Gasteiger partial charge in [-0.1, -0.05) is 141 Å². The lowest BCUT2D eigenvalue weighted by Crippen LogP contribution is -2.14. The van der Waals surface area contributed by atoms with Gasteiger partial charge in [0.05, 0.1) is 16.7 Å². The van der Waals surface area contributed by atoms with Crippen molar-refractivity contribution in [2.75, 3.05) is 0 Å². The van der Waals surface area contributed by atoms with E-state index in [2.05, 4.69) is 103 Å². The summed E-state index contributed by atoms with van der Waals surface area (Å²) in [5.74, 6) is 1.86. The van der Waals surface area contributed by atoms with Crippen LogP contribution >= 0.6 is 0 Å². The van der Waals surface area contributed by atoms with Crippen LogP contribution in [-0.4, -0.2) is 19.5 Å². The summed E-state index contributed by atoms with van der Waals surface area (Å²) in [5, 5.41) is 4.43. The van der Waals surface area contributed by atoms with Gasteiger partial charge in [-0.3, -0.25) is 0 Å². The van der Waals surface area contributed by atoms with Gasteiger partial charge in [-0.25, -0.2) is 15.0 Å². The van der Waals surface area contributed by atoms with Gasteiger partial charge in [-0.2, -0.15) is 0 Å². The van der Waals surface area contributed by atoms with Crippen molar-refractivity contribution < 1.29 is 4.42 Å². The van der Waals surface area contributed by atoms with Gasteiger partial charge in [0.1, 0.15) is 5.58 Å². The zero-order valence-corrected chi connectivity index (χ0v) is 29.2. The van der Waals surface area contributed by atoms with E-state index in [-0.39, 0.29) is 5.41 Å². The zero-order valence-electron chi connectivity index (χ0n) is 29.2. The molecule has 5 nitrogen and oxygen atoms in total. The number of nitrogens with zero attached hydrogens (tertiary/aromatic N) is 4. The van der Waals surface area contributed by atoms with Crippen LogP contribution in [0, 0.1) is 0 Å². The average molecular weight is 681 g/mol. The number of furan rings is 1. The molecule has 0 spiro atoms. The molecule has 3 aromatic heterocycles. The maximum atomic E-state index is 6.89. The summed E-state index contributed by atoms with van der Waals surface area (Å²) in [7, 11) is 0. The van der Waals surface area contributed by atoms with Gasteiger partial charge in [0, 0.05) is 43.7 Å². The highest BCUT2D eigenvalue weighted by Gasteiger charge is 2.36. The van der Waals surface area contributed by atoms with Crippen LogP contribution in [0.3, 0.4) is 0 Å². The van der Waals surface area contributed by atoms with Crippen molar-refractivity contribution in [3.8, 4) is 51.0 Å². The Labute approximate surface area is 305 Å². The Hall–Kier alpha value is -6.85. The van der Waals surface area contributed by atoms with Gasteiger partial charge in [0.2, 0.25) is 0 Å². The Morgan fingerprint density at radius 2 is 1.09 bits per heavy atom. The maximum absolute atomic E-state index is 6.89. The highest BCUT2D eigenvalue weighted by Crippen LogP contribution is 2.51. The summed E-state index contributed by atoms with van der Waals surface area (Å²) in [4.78, 5) is 15.1. The first-order valence-electron chi connectivity index (χ1n) is 18.0. The fourth-order valence-corrected chi connectivity index (χ4v) is 8.55. The lowest BCUT2D eigenvalue weighted by atomic mass is 9.82. The van der Waals surface area contributed by atoms with Crippen molar-refractivity contribution in [1.82, 2.24) is 19.5 Å². The molecule has 0 N–H and O–H groups in total. The molecule has 1 aliphatic carbocycles. The Morgan fingerprint density at radius 1 is 0.472 bits per heavy atom. The summed E-state index contributed by atoms with van der Waals surface area (Å²) in [6.07, 6.45) is 0. The first-order valence-corrected chi connectivity index (χ1v) is 18.0. The van der Waals surface area contributed by atoms with Gasteiger partial charge in [-0.15, -0.1) is 0 Å². The normalized spacial score (nSPS) is 13.2. The SMILES string of the molecule is CC1(C)c2ccccc2-c2cc3c4ccccc4n(-c4cccc5c4oc4cccc(-c6nc(-c7ccccc7)nc(-c7ccccc7)n6)c45)c3cc21. The molecular formula is C48H32N4O. The van der Waals surface area contributed by atoms with Crippen LogP contribution in [0.1, 0.15) is 25.0 Å². The number of fused-ring (bicyclic) bond motifs is 9. The molecule has 3 heterocycles. The number of hydrogen-bond donors (Lipinski definition) is 0. The van der Waals surface area contributed by atoms with Crippen LogP contribution in [0.25, 0.3) is 94.7 Å². The second kappa shape index (κ2) is 11.1. The largest absolute Gasteiger partial charge is 0.454 e. The number of benzene rings is 7. The second-order valence-corrected chi connectivity index (χ2v) is 14.4. The quantitative estimate of drug-likeness (QED) is 0.186. The van der Waals surface area contributed by atoms with Gasteiger partial charge in [0.15, 0.2) is 23.1 Å². The second-order valence-electron chi connectivity index (χ2n) is 14.4. The molecule has 0 fully saturated rings. The molecule has 10 aromatic rings. The first-order chi connectivity index (χ1) is 26.0. The van der Waals surface area contributed by atoms with E-state index in [0.717, 1.165) is 55.3 Å². The molecule has 11 rings (SSSR count). The summed E-state index contributed by atoms with van der Waals surface area (Å²) in [6, 6.07) is 55.2. The molecule has 0 bridgehead atoms. The van der Waals surface area contributed by atoms with E-state index in [0.29, 0.717) is 17.5 Å². The van der Waals surface area contributed by atoms with Crippen LogP contribution in [-0.2, 0) is 5.41 Å². The predicted octanol–water partition coefficient (Wildman–Crippen LogP) is 12.2. The molecule has 1 aliphatic rings. The Kier molecular flexibility index (Phi) is 6.23. The summed E-state index contributed by atoms with van der Waals surface area (Å²) in [6.45, 7) is 4.68. The molecule has 5 heteroatoms. The molecule has 0 saturated carbocycles. The first kappa shape index (κ1) is 29.8. The van der Waals surface area contributed by atoms with Crippen molar-refractivity contribution in [2.24, 2.45) is 0 Å². The van der Waals surface area contributed by atoms with Crippen molar-refractivity contribution in [1.29, 1.82) is 0 Å². The van der Waals surface area contributed by atoms with Crippen molar-refractivity contribution in [3.05, 3.63) is 169 Å². The zero-order chi connectivity index (χ0) is 35.3. The van der Waals surface area contributed by atoms with Gasteiger partial charge in [0.25, 0.3) is 0 Å². The highest BCUT2D eigenvalue weighted by atomic mass is 16.3. The molecule has 250 valence electrons. The van der Waals surface area contributed by atoms with Gasteiger partial charge >= 0.3 is 0 Å². The fraction of sp³-hybridized carbons (Fsp3) is 0.0625. The van der Waals surface area contributed by atoms with Crippen LogP contribution in [0.2, 0.25) is 0 Å². The molecule has 0 atom stereocenters. The molecule has 0 unspecified atom stereocenters. The van der Waals surface area contributed by atoms with Gasteiger partial charge < -0.3 is 8.98 Å². The van der Waals surface area contributed by atoms with Crippen molar-refractivity contribution >= 4 is 43.7 Å². The minimum absolute atomic E-state index is 0.122. The number of aromatic nitrogens is 4.